The van der Waals surface area contributed by atoms with Crippen molar-refractivity contribution in [1.29, 1.82) is 0 Å². The fourth-order valence-corrected chi connectivity index (χ4v) is 6.27. The number of amides is 1. The van der Waals surface area contributed by atoms with Crippen molar-refractivity contribution in [3.63, 3.8) is 0 Å². The molecule has 3 heterocycles. The Kier molecular flexibility index (Phi) is 6.79. The predicted molar refractivity (Wildman–Crippen MR) is 127 cm³/mol. The number of nitrogens with zero attached hydrogens (tertiary/aromatic N) is 3. The van der Waals surface area contributed by atoms with Gasteiger partial charge in [-0.25, -0.2) is 4.98 Å². The summed E-state index contributed by atoms with van der Waals surface area (Å²) >= 11 is 0. The van der Waals surface area contributed by atoms with E-state index in [1.165, 1.54) is 13.3 Å². The highest BCUT2D eigenvalue weighted by Gasteiger charge is 2.65. The van der Waals surface area contributed by atoms with Crippen molar-refractivity contribution in [3.8, 4) is 11.6 Å². The highest BCUT2D eigenvalue weighted by molar-refractivity contribution is 5.85. The number of rotatable bonds is 7. The van der Waals surface area contributed by atoms with Gasteiger partial charge in [-0.3, -0.25) is 4.79 Å². The number of aliphatic hydroxyl groups is 1. The van der Waals surface area contributed by atoms with Crippen LogP contribution in [0.4, 0.5) is 8.78 Å². The van der Waals surface area contributed by atoms with Crippen LogP contribution < -0.4 is 9.47 Å². The molecule has 1 saturated carbocycles. The van der Waals surface area contributed by atoms with Crippen LogP contribution in [0.25, 0.3) is 0 Å². The lowest BCUT2D eigenvalue weighted by Crippen LogP contribution is -2.62. The summed E-state index contributed by atoms with van der Waals surface area (Å²) in [6, 6.07) is 4.32. The van der Waals surface area contributed by atoms with Crippen molar-refractivity contribution < 1.29 is 32.7 Å². The third-order valence-electron chi connectivity index (χ3n) is 7.08. The fraction of sp³-hybridized carbons (Fsp3) is 0.654. The van der Waals surface area contributed by atoms with Gasteiger partial charge >= 0.3 is 5.92 Å². The molecule has 1 atom stereocenters. The first-order chi connectivity index (χ1) is 16.8. The van der Waals surface area contributed by atoms with Gasteiger partial charge in [-0.2, -0.15) is 8.78 Å². The summed E-state index contributed by atoms with van der Waals surface area (Å²) in [6.45, 7) is 7.66. The van der Waals surface area contributed by atoms with Gasteiger partial charge in [0, 0.05) is 18.7 Å². The summed E-state index contributed by atoms with van der Waals surface area (Å²) in [4.78, 5) is 18.5. The molecule has 2 aromatic heterocycles. The second-order valence-corrected chi connectivity index (χ2v) is 11.7. The summed E-state index contributed by atoms with van der Waals surface area (Å²) in [5.41, 5.74) is -3.08. The minimum atomic E-state index is -3.93. The van der Waals surface area contributed by atoms with Crippen LogP contribution in [-0.2, 0) is 11.4 Å². The molecule has 1 aliphatic carbocycles. The molecule has 0 radical (unpaired) electrons. The normalized spacial score (nSPS) is 22.9. The number of alkyl halides is 2. The smallest absolute Gasteiger partial charge is 0.352 e. The summed E-state index contributed by atoms with van der Waals surface area (Å²) in [5.74, 6) is -3.94. The van der Waals surface area contributed by atoms with Crippen LogP contribution in [-0.4, -0.2) is 51.2 Å². The van der Waals surface area contributed by atoms with Crippen molar-refractivity contribution >= 4 is 5.91 Å². The summed E-state index contributed by atoms with van der Waals surface area (Å²) in [7, 11) is 1.52. The second-order valence-electron chi connectivity index (χ2n) is 11.7. The number of methoxy groups -OCH3 is 1. The first kappa shape index (κ1) is 26.3. The van der Waals surface area contributed by atoms with E-state index < -0.39 is 34.3 Å². The molecule has 1 amide bonds. The molecule has 0 unspecified atom stereocenters. The van der Waals surface area contributed by atoms with Crippen LogP contribution in [0, 0.1) is 10.8 Å². The van der Waals surface area contributed by atoms with E-state index in [0.29, 0.717) is 42.3 Å². The number of ether oxygens (including phenoxy) is 2. The van der Waals surface area contributed by atoms with E-state index in [2.05, 4.69) is 10.1 Å². The van der Waals surface area contributed by atoms with E-state index in [0.717, 1.165) is 4.90 Å². The van der Waals surface area contributed by atoms with Crippen LogP contribution in [0.3, 0.4) is 0 Å². The van der Waals surface area contributed by atoms with Gasteiger partial charge in [-0.15, -0.1) is 0 Å². The van der Waals surface area contributed by atoms with E-state index in [1.54, 1.807) is 18.2 Å². The molecule has 8 nitrogen and oxygen atoms in total. The quantitative estimate of drug-likeness (QED) is 0.568. The Morgan fingerprint density at radius 1 is 1.22 bits per heavy atom. The Morgan fingerprint density at radius 2 is 1.92 bits per heavy atom. The fourth-order valence-electron chi connectivity index (χ4n) is 6.27. The Morgan fingerprint density at radius 3 is 2.53 bits per heavy atom. The van der Waals surface area contributed by atoms with Crippen molar-refractivity contribution in [2.45, 2.75) is 84.0 Å². The van der Waals surface area contributed by atoms with Crippen molar-refractivity contribution in [3.05, 3.63) is 35.9 Å². The SMILES string of the molecule is COc1ccc(OCc2cc([C@@H]3CCCN3C(=O)C(F)(F)C3(O)CC(C)(C)CC(C)(C)C3)no2)cn1. The van der Waals surface area contributed by atoms with Crippen LogP contribution in [0.5, 0.6) is 11.6 Å². The van der Waals surface area contributed by atoms with Gasteiger partial charge in [0.05, 0.1) is 19.3 Å². The molecule has 36 heavy (non-hydrogen) atoms. The minimum absolute atomic E-state index is 0.0573. The molecule has 2 fully saturated rings. The molecule has 1 N–H and O–H groups in total. The molecule has 1 saturated heterocycles. The summed E-state index contributed by atoms with van der Waals surface area (Å²) in [6.07, 6.45) is 2.94. The number of aromatic nitrogens is 2. The monoisotopic (exact) mass is 507 g/mol. The van der Waals surface area contributed by atoms with Gasteiger partial charge in [0.2, 0.25) is 5.88 Å². The zero-order valence-electron chi connectivity index (χ0n) is 21.5. The van der Waals surface area contributed by atoms with E-state index in [1.807, 2.05) is 27.7 Å². The van der Waals surface area contributed by atoms with Crippen molar-refractivity contribution in [2.75, 3.05) is 13.7 Å². The Labute approximate surface area is 210 Å². The lowest BCUT2D eigenvalue weighted by Gasteiger charge is -2.51. The van der Waals surface area contributed by atoms with Gasteiger partial charge in [0.1, 0.15) is 23.7 Å². The maximum Gasteiger partial charge on any atom is 0.352 e. The second kappa shape index (κ2) is 9.28. The molecule has 0 bridgehead atoms. The molecule has 4 rings (SSSR count). The molecule has 0 aromatic carbocycles. The van der Waals surface area contributed by atoms with Crippen LogP contribution in [0.1, 0.15) is 77.3 Å². The molecular weight excluding hydrogens is 472 g/mol. The molecule has 2 aromatic rings. The maximum atomic E-state index is 15.8. The topological polar surface area (TPSA) is 97.9 Å². The first-order valence-electron chi connectivity index (χ1n) is 12.2. The van der Waals surface area contributed by atoms with Gasteiger partial charge in [-0.1, -0.05) is 32.9 Å². The number of carbonyl (C=O) groups is 1. The number of pyridine rings is 1. The van der Waals surface area contributed by atoms with Gasteiger partial charge in [0.15, 0.2) is 5.76 Å². The van der Waals surface area contributed by atoms with Crippen LogP contribution in [0.2, 0.25) is 0 Å². The number of hydrogen-bond donors (Lipinski definition) is 1. The van der Waals surface area contributed by atoms with E-state index in [-0.39, 0.29) is 26.0 Å². The van der Waals surface area contributed by atoms with Crippen LogP contribution in [0.15, 0.2) is 28.9 Å². The van der Waals surface area contributed by atoms with Crippen molar-refractivity contribution in [2.24, 2.45) is 10.8 Å². The maximum absolute atomic E-state index is 15.8. The Balaban J connectivity index is 1.47. The highest BCUT2D eigenvalue weighted by atomic mass is 19.3. The largest absolute Gasteiger partial charge is 0.484 e. The zero-order valence-corrected chi connectivity index (χ0v) is 21.5. The molecule has 0 spiro atoms. The van der Waals surface area contributed by atoms with Gasteiger partial charge < -0.3 is 24.0 Å². The van der Waals surface area contributed by atoms with E-state index in [4.69, 9.17) is 14.0 Å². The minimum Gasteiger partial charge on any atom is -0.484 e. The average Bonchev–Trinajstić information content (AvgIpc) is 3.44. The van der Waals surface area contributed by atoms with E-state index >= 15 is 8.78 Å². The zero-order chi connectivity index (χ0) is 26.4. The number of likely N-dealkylation sites (tertiary alicyclic amines) is 1. The number of carbonyl (C=O) groups excluding carboxylic acids is 1. The number of halogens is 2. The molecule has 1 aliphatic heterocycles. The van der Waals surface area contributed by atoms with Crippen molar-refractivity contribution in [1.82, 2.24) is 15.0 Å². The first-order valence-corrected chi connectivity index (χ1v) is 12.2. The third-order valence-corrected chi connectivity index (χ3v) is 7.08. The summed E-state index contributed by atoms with van der Waals surface area (Å²) in [5, 5.41) is 15.2. The lowest BCUT2D eigenvalue weighted by atomic mass is 9.58. The third kappa shape index (κ3) is 5.19. The Bertz CT molecular complexity index is 1070. The summed E-state index contributed by atoms with van der Waals surface area (Å²) < 4.78 is 47.5. The van der Waals surface area contributed by atoms with Crippen LogP contribution >= 0.6 is 0 Å². The molecule has 10 heteroatoms. The Hall–Kier alpha value is -2.75. The molecular formula is C26H35F2N3O5. The highest BCUT2D eigenvalue weighted by Crippen LogP contribution is 2.55. The predicted octanol–water partition coefficient (Wildman–Crippen LogP) is 4.92. The van der Waals surface area contributed by atoms with Gasteiger partial charge in [-0.05, 0) is 49.0 Å². The standard InChI is InChI=1S/C26H35F2N3O5/c1-23(2)14-24(3,4)16-25(33,15-23)26(27,28)22(32)31-10-6-7-20(31)19-11-18(36-30-19)13-35-17-8-9-21(34-5)29-12-17/h8-9,11-12,20,33H,6-7,10,13-16H2,1-5H3/t20-/m0/s1. The molecule has 198 valence electrons. The van der Waals surface area contributed by atoms with E-state index in [9.17, 15) is 9.90 Å². The molecule has 2 aliphatic rings. The lowest BCUT2D eigenvalue weighted by molar-refractivity contribution is -0.231. The average molecular weight is 508 g/mol. The number of hydrogen-bond acceptors (Lipinski definition) is 7. The van der Waals surface area contributed by atoms with Gasteiger partial charge in [0.25, 0.3) is 5.91 Å².